The lowest BCUT2D eigenvalue weighted by Crippen LogP contribution is -2.55. The zero-order valence-electron chi connectivity index (χ0n) is 12.4. The summed E-state index contributed by atoms with van der Waals surface area (Å²) in [5.41, 5.74) is 6.37. The summed E-state index contributed by atoms with van der Waals surface area (Å²) in [5, 5.41) is 0. The fourth-order valence-corrected chi connectivity index (χ4v) is 2.68. The molecule has 1 saturated carbocycles. The highest BCUT2D eigenvalue weighted by Gasteiger charge is 2.46. The van der Waals surface area contributed by atoms with Crippen molar-refractivity contribution in [3.05, 3.63) is 35.6 Å². The third-order valence-corrected chi connectivity index (χ3v) is 4.31. The maximum atomic E-state index is 13.0. The van der Waals surface area contributed by atoms with Crippen LogP contribution in [0.2, 0.25) is 0 Å². The van der Waals surface area contributed by atoms with E-state index < -0.39 is 5.54 Å². The first kappa shape index (κ1) is 15.0. The van der Waals surface area contributed by atoms with Crippen LogP contribution < -0.4 is 5.73 Å². The van der Waals surface area contributed by atoms with E-state index in [4.69, 9.17) is 5.73 Å². The molecule has 1 aliphatic carbocycles. The Morgan fingerprint density at radius 2 is 2.00 bits per heavy atom. The molecule has 0 saturated heterocycles. The Morgan fingerprint density at radius 3 is 2.45 bits per heavy atom. The minimum absolute atomic E-state index is 0.0145. The number of nitrogens with zero attached hydrogens (tertiary/aromatic N) is 1. The molecule has 2 atom stereocenters. The number of carbonyl (C=O) groups is 1. The van der Waals surface area contributed by atoms with Gasteiger partial charge in [-0.05, 0) is 57.2 Å². The molecule has 20 heavy (non-hydrogen) atoms. The standard InChI is InChI=1S/C16H23FN2O/c1-4-19(15(20)16(3,18)13-7-8-13)11(2)12-5-9-14(17)10-6-12/h5-6,9-11,13H,4,7-8,18H2,1-3H3. The second-order valence-electron chi connectivity index (χ2n) is 5.88. The Balaban J connectivity index is 2.18. The van der Waals surface area contributed by atoms with Gasteiger partial charge in [-0.2, -0.15) is 0 Å². The normalized spacial score (nSPS) is 19.2. The summed E-state index contributed by atoms with van der Waals surface area (Å²) in [5.74, 6) is 0.0146. The molecule has 1 amide bonds. The molecule has 4 heteroatoms. The van der Waals surface area contributed by atoms with Crippen LogP contribution in [-0.4, -0.2) is 22.9 Å². The summed E-state index contributed by atoms with van der Waals surface area (Å²) in [6.07, 6.45) is 2.06. The highest BCUT2D eigenvalue weighted by molar-refractivity contribution is 5.86. The van der Waals surface area contributed by atoms with E-state index in [0.29, 0.717) is 12.5 Å². The van der Waals surface area contributed by atoms with E-state index in [-0.39, 0.29) is 17.8 Å². The molecule has 0 radical (unpaired) electrons. The van der Waals surface area contributed by atoms with E-state index in [1.54, 1.807) is 17.0 Å². The molecule has 3 nitrogen and oxygen atoms in total. The summed E-state index contributed by atoms with van der Waals surface area (Å²) in [4.78, 5) is 14.5. The summed E-state index contributed by atoms with van der Waals surface area (Å²) < 4.78 is 13.0. The summed E-state index contributed by atoms with van der Waals surface area (Å²) in [6.45, 7) is 6.32. The summed E-state index contributed by atoms with van der Waals surface area (Å²) in [6, 6.07) is 6.19. The highest BCUT2D eigenvalue weighted by Crippen LogP contribution is 2.40. The van der Waals surface area contributed by atoms with Gasteiger partial charge in [0, 0.05) is 6.54 Å². The van der Waals surface area contributed by atoms with Gasteiger partial charge in [0.25, 0.3) is 0 Å². The van der Waals surface area contributed by atoms with Crippen molar-refractivity contribution >= 4 is 5.91 Å². The first-order valence-electron chi connectivity index (χ1n) is 7.23. The van der Waals surface area contributed by atoms with Gasteiger partial charge < -0.3 is 10.6 Å². The van der Waals surface area contributed by atoms with Gasteiger partial charge in [0.1, 0.15) is 5.82 Å². The van der Waals surface area contributed by atoms with Crippen molar-refractivity contribution in [3.63, 3.8) is 0 Å². The van der Waals surface area contributed by atoms with Crippen LogP contribution in [0.4, 0.5) is 4.39 Å². The second kappa shape index (κ2) is 5.52. The minimum Gasteiger partial charge on any atom is -0.335 e. The second-order valence-corrected chi connectivity index (χ2v) is 5.88. The number of carbonyl (C=O) groups excluding carboxylic acids is 1. The Bertz CT molecular complexity index is 480. The Labute approximate surface area is 120 Å². The third kappa shape index (κ3) is 2.85. The minimum atomic E-state index is -0.787. The Kier molecular flexibility index (Phi) is 4.14. The number of halogens is 1. The Hall–Kier alpha value is -1.42. The van der Waals surface area contributed by atoms with Crippen LogP contribution in [0.3, 0.4) is 0 Å². The molecule has 1 fully saturated rings. The number of hydrogen-bond donors (Lipinski definition) is 1. The van der Waals surface area contributed by atoms with Crippen molar-refractivity contribution in [2.24, 2.45) is 11.7 Å². The van der Waals surface area contributed by atoms with Crippen LogP contribution in [-0.2, 0) is 4.79 Å². The lowest BCUT2D eigenvalue weighted by atomic mass is 9.93. The molecule has 1 aromatic carbocycles. The van der Waals surface area contributed by atoms with E-state index in [0.717, 1.165) is 18.4 Å². The van der Waals surface area contributed by atoms with E-state index in [9.17, 15) is 9.18 Å². The average Bonchev–Trinajstić information content (AvgIpc) is 3.24. The number of rotatable bonds is 5. The molecule has 0 aromatic heterocycles. The van der Waals surface area contributed by atoms with Crippen molar-refractivity contribution in [3.8, 4) is 0 Å². The largest absolute Gasteiger partial charge is 0.335 e. The van der Waals surface area contributed by atoms with Crippen LogP contribution in [0.15, 0.2) is 24.3 Å². The molecular formula is C16H23FN2O. The molecule has 0 heterocycles. The van der Waals surface area contributed by atoms with Gasteiger partial charge >= 0.3 is 0 Å². The van der Waals surface area contributed by atoms with Crippen molar-refractivity contribution in [1.29, 1.82) is 0 Å². The average molecular weight is 278 g/mol. The van der Waals surface area contributed by atoms with Crippen molar-refractivity contribution in [2.75, 3.05) is 6.54 Å². The molecule has 2 N–H and O–H groups in total. The maximum absolute atomic E-state index is 13.0. The zero-order chi connectivity index (χ0) is 14.9. The molecule has 2 unspecified atom stereocenters. The number of benzene rings is 1. The van der Waals surface area contributed by atoms with Crippen LogP contribution in [0, 0.1) is 11.7 Å². The zero-order valence-corrected chi connectivity index (χ0v) is 12.4. The SMILES string of the molecule is CCN(C(=O)C(C)(N)C1CC1)C(C)c1ccc(F)cc1. The van der Waals surface area contributed by atoms with Crippen LogP contribution in [0.25, 0.3) is 0 Å². The van der Waals surface area contributed by atoms with Gasteiger partial charge in [-0.15, -0.1) is 0 Å². The number of hydrogen-bond acceptors (Lipinski definition) is 2. The predicted molar refractivity (Wildman–Crippen MR) is 77.5 cm³/mol. The van der Waals surface area contributed by atoms with Crippen LogP contribution >= 0.6 is 0 Å². The predicted octanol–water partition coefficient (Wildman–Crippen LogP) is 2.86. The summed E-state index contributed by atoms with van der Waals surface area (Å²) in [7, 11) is 0. The van der Waals surface area contributed by atoms with Crippen LogP contribution in [0.1, 0.15) is 45.2 Å². The van der Waals surface area contributed by atoms with Gasteiger partial charge in [-0.25, -0.2) is 4.39 Å². The first-order valence-corrected chi connectivity index (χ1v) is 7.23. The molecule has 0 spiro atoms. The quantitative estimate of drug-likeness (QED) is 0.900. The first-order chi connectivity index (χ1) is 9.37. The van der Waals surface area contributed by atoms with Crippen molar-refractivity contribution in [1.82, 2.24) is 4.90 Å². The Morgan fingerprint density at radius 1 is 1.45 bits per heavy atom. The lowest BCUT2D eigenvalue weighted by Gasteiger charge is -2.35. The number of nitrogens with two attached hydrogens (primary N) is 1. The number of likely N-dealkylation sites (N-methyl/N-ethyl adjacent to an activating group) is 1. The highest BCUT2D eigenvalue weighted by atomic mass is 19.1. The smallest absolute Gasteiger partial charge is 0.243 e. The van der Waals surface area contributed by atoms with Gasteiger partial charge in [0.05, 0.1) is 11.6 Å². The molecule has 1 aliphatic rings. The topological polar surface area (TPSA) is 46.3 Å². The van der Waals surface area contributed by atoms with E-state index in [1.807, 2.05) is 20.8 Å². The lowest BCUT2D eigenvalue weighted by molar-refractivity contribution is -0.139. The van der Waals surface area contributed by atoms with E-state index in [1.165, 1.54) is 12.1 Å². The monoisotopic (exact) mass is 278 g/mol. The number of amides is 1. The molecule has 1 aromatic rings. The molecule has 0 bridgehead atoms. The molecule has 2 rings (SSSR count). The summed E-state index contributed by atoms with van der Waals surface area (Å²) >= 11 is 0. The van der Waals surface area contributed by atoms with Gasteiger partial charge in [-0.1, -0.05) is 12.1 Å². The van der Waals surface area contributed by atoms with Gasteiger partial charge in [0.2, 0.25) is 5.91 Å². The molecule has 110 valence electrons. The van der Waals surface area contributed by atoms with Crippen LogP contribution in [0.5, 0.6) is 0 Å². The van der Waals surface area contributed by atoms with E-state index in [2.05, 4.69) is 0 Å². The fourth-order valence-electron chi connectivity index (χ4n) is 2.68. The van der Waals surface area contributed by atoms with Crippen molar-refractivity contribution in [2.45, 2.75) is 45.2 Å². The molecular weight excluding hydrogens is 255 g/mol. The fraction of sp³-hybridized carbons (Fsp3) is 0.562. The van der Waals surface area contributed by atoms with E-state index >= 15 is 0 Å². The maximum Gasteiger partial charge on any atom is 0.243 e. The van der Waals surface area contributed by atoms with Gasteiger partial charge in [0.15, 0.2) is 0 Å². The molecule has 0 aliphatic heterocycles. The third-order valence-electron chi connectivity index (χ3n) is 4.31. The van der Waals surface area contributed by atoms with Crippen molar-refractivity contribution < 1.29 is 9.18 Å². The van der Waals surface area contributed by atoms with Gasteiger partial charge in [-0.3, -0.25) is 4.79 Å².